The molecule has 0 saturated heterocycles. The molecule has 0 fully saturated rings. The Morgan fingerprint density at radius 1 is 1.30 bits per heavy atom. The minimum Gasteiger partial charge on any atom is -0.513 e. The standard InChI is InChI=1S/C14H20N4O5/c1-9(19)3-2-4-12(20)18-11(5-10-6-15-8-17-10)14(23)16-7-13(21)22/h6,8,11,19H,1-5,7H2,(H,15,17)(H,16,23)(H,18,20)(H,21,22). The molecule has 0 aromatic carbocycles. The number of allylic oxidation sites excluding steroid dienone is 1. The lowest BCUT2D eigenvalue weighted by molar-refractivity contribution is -0.138. The summed E-state index contributed by atoms with van der Waals surface area (Å²) in [5, 5.41) is 22.3. The van der Waals surface area contributed by atoms with Crippen LogP contribution in [0.3, 0.4) is 0 Å². The summed E-state index contributed by atoms with van der Waals surface area (Å²) in [6.45, 7) is 2.79. The second-order valence-corrected chi connectivity index (χ2v) is 4.92. The van der Waals surface area contributed by atoms with Gasteiger partial charge >= 0.3 is 5.97 Å². The van der Waals surface area contributed by atoms with Crippen LogP contribution in [0.4, 0.5) is 0 Å². The van der Waals surface area contributed by atoms with Gasteiger partial charge in [-0.2, -0.15) is 0 Å². The predicted octanol–water partition coefficient (Wildman–Crippen LogP) is -0.120. The molecule has 1 heterocycles. The zero-order chi connectivity index (χ0) is 17.2. The van der Waals surface area contributed by atoms with Crippen LogP contribution in [0.15, 0.2) is 24.9 Å². The zero-order valence-corrected chi connectivity index (χ0v) is 12.5. The number of aromatic nitrogens is 2. The largest absolute Gasteiger partial charge is 0.513 e. The molecule has 0 aliphatic rings. The topological polar surface area (TPSA) is 144 Å². The molecule has 0 aliphatic carbocycles. The van der Waals surface area contributed by atoms with Gasteiger partial charge in [-0.05, 0) is 6.42 Å². The number of carboxylic acid groups (broad SMARTS) is 1. The maximum Gasteiger partial charge on any atom is 0.322 e. The van der Waals surface area contributed by atoms with Crippen molar-refractivity contribution in [3.05, 3.63) is 30.6 Å². The van der Waals surface area contributed by atoms with Crippen LogP contribution in [0, 0.1) is 0 Å². The van der Waals surface area contributed by atoms with Crippen LogP contribution < -0.4 is 10.6 Å². The summed E-state index contributed by atoms with van der Waals surface area (Å²) in [7, 11) is 0. The van der Waals surface area contributed by atoms with Crippen LogP contribution in [0.25, 0.3) is 0 Å². The molecule has 23 heavy (non-hydrogen) atoms. The van der Waals surface area contributed by atoms with E-state index in [2.05, 4.69) is 27.2 Å². The lowest BCUT2D eigenvalue weighted by atomic mass is 10.1. The Labute approximate surface area is 132 Å². The number of carboxylic acids is 1. The van der Waals surface area contributed by atoms with Gasteiger partial charge in [0.2, 0.25) is 11.8 Å². The van der Waals surface area contributed by atoms with Crippen LogP contribution in [0.1, 0.15) is 25.0 Å². The molecule has 1 unspecified atom stereocenters. The summed E-state index contributed by atoms with van der Waals surface area (Å²) in [5.41, 5.74) is 0.560. The molecule has 0 radical (unpaired) electrons. The van der Waals surface area contributed by atoms with Crippen LogP contribution in [-0.4, -0.2) is 50.6 Å². The van der Waals surface area contributed by atoms with E-state index in [0.29, 0.717) is 18.5 Å². The molecular formula is C14H20N4O5. The quantitative estimate of drug-likeness (QED) is 0.379. The Balaban J connectivity index is 2.59. The summed E-state index contributed by atoms with van der Waals surface area (Å²) in [5.74, 6) is -2.16. The summed E-state index contributed by atoms with van der Waals surface area (Å²) < 4.78 is 0. The monoisotopic (exact) mass is 324 g/mol. The van der Waals surface area contributed by atoms with Crippen LogP contribution >= 0.6 is 0 Å². The predicted molar refractivity (Wildman–Crippen MR) is 80.5 cm³/mol. The Kier molecular flexibility index (Phi) is 7.31. The van der Waals surface area contributed by atoms with Crippen LogP contribution in [-0.2, 0) is 20.8 Å². The smallest absolute Gasteiger partial charge is 0.322 e. The SMILES string of the molecule is C=C(O)CCCC(=O)NC(Cc1c[nH]cn1)C(=O)NCC(=O)O. The summed E-state index contributed by atoms with van der Waals surface area (Å²) in [6.07, 6.45) is 3.96. The number of hydrogen-bond donors (Lipinski definition) is 5. The molecule has 1 aromatic rings. The van der Waals surface area contributed by atoms with E-state index in [1.54, 1.807) is 6.20 Å². The van der Waals surface area contributed by atoms with Gasteiger partial charge in [0.05, 0.1) is 17.8 Å². The van der Waals surface area contributed by atoms with E-state index in [9.17, 15) is 14.4 Å². The third-order valence-electron chi connectivity index (χ3n) is 2.90. The molecule has 1 atom stereocenters. The number of aliphatic hydroxyl groups is 1. The highest BCUT2D eigenvalue weighted by Gasteiger charge is 2.22. The average Bonchev–Trinajstić information content (AvgIpc) is 2.96. The van der Waals surface area contributed by atoms with Crippen molar-refractivity contribution in [2.75, 3.05) is 6.54 Å². The Hall–Kier alpha value is -2.84. The highest BCUT2D eigenvalue weighted by Crippen LogP contribution is 2.04. The fraction of sp³-hybridized carbons (Fsp3) is 0.429. The zero-order valence-electron chi connectivity index (χ0n) is 12.5. The average molecular weight is 324 g/mol. The molecule has 9 heteroatoms. The number of aromatic amines is 1. The fourth-order valence-corrected chi connectivity index (χ4v) is 1.83. The van der Waals surface area contributed by atoms with Crippen molar-refractivity contribution in [2.45, 2.75) is 31.7 Å². The first-order valence-corrected chi connectivity index (χ1v) is 7.01. The number of aliphatic carboxylic acids is 1. The summed E-state index contributed by atoms with van der Waals surface area (Å²) >= 11 is 0. The van der Waals surface area contributed by atoms with Crippen molar-refractivity contribution in [1.29, 1.82) is 0 Å². The number of nitrogens with zero attached hydrogens (tertiary/aromatic N) is 1. The lowest BCUT2D eigenvalue weighted by Gasteiger charge is -2.17. The molecule has 0 bridgehead atoms. The van der Waals surface area contributed by atoms with Crippen molar-refractivity contribution in [3.8, 4) is 0 Å². The van der Waals surface area contributed by atoms with Gasteiger partial charge in [0, 0.05) is 25.5 Å². The van der Waals surface area contributed by atoms with E-state index in [1.165, 1.54) is 6.33 Å². The van der Waals surface area contributed by atoms with Crippen molar-refractivity contribution in [2.24, 2.45) is 0 Å². The van der Waals surface area contributed by atoms with Gasteiger partial charge in [0.1, 0.15) is 12.6 Å². The molecule has 0 saturated carbocycles. The van der Waals surface area contributed by atoms with Crippen molar-refractivity contribution < 1.29 is 24.6 Å². The minimum absolute atomic E-state index is 0.00919. The number of carbonyl (C=O) groups is 3. The number of nitrogens with one attached hydrogen (secondary N) is 3. The van der Waals surface area contributed by atoms with Gasteiger partial charge in [-0.3, -0.25) is 14.4 Å². The maximum atomic E-state index is 12.0. The number of carbonyl (C=O) groups excluding carboxylic acids is 2. The molecular weight excluding hydrogens is 304 g/mol. The number of amides is 2. The molecule has 5 N–H and O–H groups in total. The van der Waals surface area contributed by atoms with Crippen molar-refractivity contribution in [1.82, 2.24) is 20.6 Å². The molecule has 2 amide bonds. The highest BCUT2D eigenvalue weighted by molar-refractivity contribution is 5.89. The third kappa shape index (κ3) is 7.65. The number of H-pyrrole nitrogens is 1. The van der Waals surface area contributed by atoms with Crippen LogP contribution in [0.5, 0.6) is 0 Å². The Morgan fingerprint density at radius 3 is 2.61 bits per heavy atom. The van der Waals surface area contributed by atoms with E-state index in [1.807, 2.05) is 0 Å². The first-order valence-electron chi connectivity index (χ1n) is 7.01. The van der Waals surface area contributed by atoms with Gasteiger partial charge in [0.15, 0.2) is 0 Å². The van der Waals surface area contributed by atoms with E-state index in [-0.39, 0.29) is 24.5 Å². The molecule has 1 rings (SSSR count). The summed E-state index contributed by atoms with van der Waals surface area (Å²) in [4.78, 5) is 41.1. The van der Waals surface area contributed by atoms with E-state index >= 15 is 0 Å². The van der Waals surface area contributed by atoms with Crippen molar-refractivity contribution in [3.63, 3.8) is 0 Å². The van der Waals surface area contributed by atoms with Gasteiger partial charge in [-0.1, -0.05) is 6.58 Å². The second kappa shape index (κ2) is 9.23. The van der Waals surface area contributed by atoms with Gasteiger partial charge in [-0.15, -0.1) is 0 Å². The minimum atomic E-state index is -1.18. The highest BCUT2D eigenvalue weighted by atomic mass is 16.4. The normalized spacial score (nSPS) is 11.5. The molecule has 0 aliphatic heterocycles. The Bertz CT molecular complexity index is 556. The number of aliphatic hydroxyl groups excluding tert-OH is 1. The number of rotatable bonds is 10. The van der Waals surface area contributed by atoms with Crippen LogP contribution in [0.2, 0.25) is 0 Å². The second-order valence-electron chi connectivity index (χ2n) is 4.92. The van der Waals surface area contributed by atoms with E-state index in [0.717, 1.165) is 0 Å². The first kappa shape index (κ1) is 18.2. The fourth-order valence-electron chi connectivity index (χ4n) is 1.83. The maximum absolute atomic E-state index is 12.0. The first-order chi connectivity index (χ1) is 10.9. The number of hydrogen-bond acceptors (Lipinski definition) is 5. The summed E-state index contributed by atoms with van der Waals surface area (Å²) in [6, 6.07) is -0.928. The molecule has 9 nitrogen and oxygen atoms in total. The van der Waals surface area contributed by atoms with Gasteiger partial charge in [0.25, 0.3) is 0 Å². The van der Waals surface area contributed by atoms with E-state index < -0.39 is 24.5 Å². The molecule has 0 spiro atoms. The van der Waals surface area contributed by atoms with Crippen molar-refractivity contribution >= 4 is 17.8 Å². The van der Waals surface area contributed by atoms with Gasteiger partial charge < -0.3 is 25.8 Å². The Morgan fingerprint density at radius 2 is 2.04 bits per heavy atom. The number of imidazole rings is 1. The third-order valence-corrected chi connectivity index (χ3v) is 2.90. The lowest BCUT2D eigenvalue weighted by Crippen LogP contribution is -2.49. The van der Waals surface area contributed by atoms with Gasteiger partial charge in [-0.25, -0.2) is 4.98 Å². The van der Waals surface area contributed by atoms with E-state index in [4.69, 9.17) is 10.2 Å². The molecule has 1 aromatic heterocycles. The molecule has 126 valence electrons.